The highest BCUT2D eigenvalue weighted by Gasteiger charge is 2.32. The Hall–Kier alpha value is -0.610. The fourth-order valence-corrected chi connectivity index (χ4v) is 2.93. The number of aliphatic hydroxyl groups is 1. The average molecular weight is 254 g/mol. The van der Waals surface area contributed by atoms with Crippen molar-refractivity contribution in [3.63, 3.8) is 0 Å². The molecule has 1 heterocycles. The Labute approximate surface area is 110 Å². The molecule has 18 heavy (non-hydrogen) atoms. The van der Waals surface area contributed by atoms with Crippen LogP contribution in [0, 0.1) is 5.92 Å². The summed E-state index contributed by atoms with van der Waals surface area (Å²) >= 11 is 0. The third-order valence-electron chi connectivity index (χ3n) is 4.42. The van der Waals surface area contributed by atoms with Gasteiger partial charge in [0.15, 0.2) is 0 Å². The molecule has 1 amide bonds. The fourth-order valence-electron chi connectivity index (χ4n) is 2.93. The molecule has 1 saturated heterocycles. The van der Waals surface area contributed by atoms with Crippen LogP contribution in [0.15, 0.2) is 0 Å². The van der Waals surface area contributed by atoms with E-state index in [4.69, 9.17) is 0 Å². The molecule has 104 valence electrons. The van der Waals surface area contributed by atoms with Crippen LogP contribution in [0.1, 0.15) is 51.9 Å². The van der Waals surface area contributed by atoms with Crippen LogP contribution < -0.4 is 10.6 Å². The highest BCUT2D eigenvalue weighted by atomic mass is 16.3. The van der Waals surface area contributed by atoms with Gasteiger partial charge in [0, 0.05) is 6.54 Å². The third kappa shape index (κ3) is 3.69. The summed E-state index contributed by atoms with van der Waals surface area (Å²) in [6, 6.07) is -0.0511. The maximum Gasteiger partial charge on any atom is 0.237 e. The fraction of sp³-hybridized carbons (Fsp3) is 0.929. The average Bonchev–Trinajstić information content (AvgIpc) is 2.41. The molecule has 0 aromatic heterocycles. The van der Waals surface area contributed by atoms with Crippen LogP contribution in [0.3, 0.4) is 0 Å². The lowest BCUT2D eigenvalue weighted by molar-refractivity contribution is -0.125. The highest BCUT2D eigenvalue weighted by molar-refractivity contribution is 5.81. The Kier molecular flexibility index (Phi) is 4.62. The van der Waals surface area contributed by atoms with Gasteiger partial charge in [-0.1, -0.05) is 13.3 Å². The molecule has 0 spiro atoms. The van der Waals surface area contributed by atoms with Gasteiger partial charge >= 0.3 is 0 Å². The zero-order chi connectivity index (χ0) is 13.0. The number of carbonyl (C=O) groups is 1. The third-order valence-corrected chi connectivity index (χ3v) is 4.42. The van der Waals surface area contributed by atoms with Crippen LogP contribution in [-0.2, 0) is 4.79 Å². The first-order valence-electron chi connectivity index (χ1n) is 7.32. The molecule has 2 fully saturated rings. The van der Waals surface area contributed by atoms with Gasteiger partial charge < -0.3 is 15.7 Å². The Morgan fingerprint density at radius 2 is 2.06 bits per heavy atom. The molecule has 1 aliphatic heterocycles. The number of hydrogen-bond acceptors (Lipinski definition) is 3. The highest BCUT2D eigenvalue weighted by Crippen LogP contribution is 2.31. The summed E-state index contributed by atoms with van der Waals surface area (Å²) in [5, 5.41) is 16.6. The normalized spacial score (nSPS) is 37.2. The van der Waals surface area contributed by atoms with Gasteiger partial charge in [-0.05, 0) is 51.0 Å². The van der Waals surface area contributed by atoms with Crippen LogP contribution in [0.2, 0.25) is 0 Å². The minimum absolute atomic E-state index is 0.0511. The lowest BCUT2D eigenvalue weighted by atomic mass is 9.79. The van der Waals surface area contributed by atoms with E-state index in [1.54, 1.807) is 0 Å². The first kappa shape index (κ1) is 13.8. The monoisotopic (exact) mass is 254 g/mol. The summed E-state index contributed by atoms with van der Waals surface area (Å²) in [5.74, 6) is 0.766. The SMILES string of the molecule is CC1CCC(O)(CNC(=O)[C@@H]2CCCCN2)CC1. The van der Waals surface area contributed by atoms with Gasteiger partial charge in [-0.2, -0.15) is 0 Å². The van der Waals surface area contributed by atoms with Gasteiger partial charge in [-0.3, -0.25) is 4.79 Å². The smallest absolute Gasteiger partial charge is 0.237 e. The molecular weight excluding hydrogens is 228 g/mol. The van der Waals surface area contributed by atoms with Crippen molar-refractivity contribution in [3.05, 3.63) is 0 Å². The van der Waals surface area contributed by atoms with Crippen LogP contribution in [-0.4, -0.2) is 35.7 Å². The van der Waals surface area contributed by atoms with Gasteiger partial charge in [0.05, 0.1) is 11.6 Å². The van der Waals surface area contributed by atoms with Gasteiger partial charge in [0.1, 0.15) is 0 Å². The van der Waals surface area contributed by atoms with E-state index in [1.807, 2.05) is 0 Å². The van der Waals surface area contributed by atoms with E-state index >= 15 is 0 Å². The first-order chi connectivity index (χ1) is 8.59. The first-order valence-corrected chi connectivity index (χ1v) is 7.32. The maximum atomic E-state index is 12.0. The largest absolute Gasteiger partial charge is 0.388 e. The second-order valence-corrected chi connectivity index (χ2v) is 6.13. The molecule has 4 nitrogen and oxygen atoms in total. The summed E-state index contributed by atoms with van der Waals surface area (Å²) in [4.78, 5) is 12.0. The molecular formula is C14H26N2O2. The van der Waals surface area contributed by atoms with Crippen molar-refractivity contribution < 1.29 is 9.90 Å². The maximum absolute atomic E-state index is 12.0. The van der Waals surface area contributed by atoms with E-state index in [-0.39, 0.29) is 11.9 Å². The molecule has 0 radical (unpaired) electrons. The topological polar surface area (TPSA) is 61.4 Å². The van der Waals surface area contributed by atoms with Gasteiger partial charge in [-0.15, -0.1) is 0 Å². The molecule has 2 aliphatic rings. The van der Waals surface area contributed by atoms with Crippen LogP contribution in [0.25, 0.3) is 0 Å². The Bertz CT molecular complexity index is 280. The van der Waals surface area contributed by atoms with Crippen molar-refractivity contribution in [1.29, 1.82) is 0 Å². The summed E-state index contributed by atoms with van der Waals surface area (Å²) < 4.78 is 0. The van der Waals surface area contributed by atoms with Crippen molar-refractivity contribution >= 4 is 5.91 Å². The molecule has 0 aromatic rings. The minimum Gasteiger partial charge on any atom is -0.388 e. The lowest BCUT2D eigenvalue weighted by Gasteiger charge is -2.35. The predicted molar refractivity (Wildman–Crippen MR) is 71.2 cm³/mol. The van der Waals surface area contributed by atoms with Gasteiger partial charge in [0.25, 0.3) is 0 Å². The molecule has 0 bridgehead atoms. The van der Waals surface area contributed by atoms with Crippen LogP contribution in [0.5, 0.6) is 0 Å². The molecule has 0 aromatic carbocycles. The second-order valence-electron chi connectivity index (χ2n) is 6.13. The molecule has 2 rings (SSSR count). The van der Waals surface area contributed by atoms with E-state index in [1.165, 1.54) is 0 Å². The van der Waals surface area contributed by atoms with Crippen molar-refractivity contribution in [2.75, 3.05) is 13.1 Å². The summed E-state index contributed by atoms with van der Waals surface area (Å²) in [5.41, 5.74) is -0.670. The predicted octanol–water partition coefficient (Wildman–Crippen LogP) is 1.19. The zero-order valence-electron chi connectivity index (χ0n) is 11.4. The van der Waals surface area contributed by atoms with Crippen LogP contribution in [0.4, 0.5) is 0 Å². The van der Waals surface area contributed by atoms with E-state index < -0.39 is 5.60 Å². The molecule has 0 unspecified atom stereocenters. The van der Waals surface area contributed by atoms with Gasteiger partial charge in [-0.25, -0.2) is 0 Å². The Morgan fingerprint density at radius 1 is 1.33 bits per heavy atom. The summed E-state index contributed by atoms with van der Waals surface area (Å²) in [7, 11) is 0. The number of piperidine rings is 1. The standard InChI is InChI=1S/C14H26N2O2/c1-11-5-7-14(18,8-6-11)10-16-13(17)12-4-2-3-9-15-12/h11-12,15,18H,2-10H2,1H3,(H,16,17)/t11?,12-,14?/m0/s1. The van der Waals surface area contributed by atoms with Crippen LogP contribution >= 0.6 is 0 Å². The van der Waals surface area contributed by atoms with Crippen molar-refractivity contribution in [2.24, 2.45) is 5.92 Å². The minimum atomic E-state index is -0.670. The molecule has 1 aliphatic carbocycles. The van der Waals surface area contributed by atoms with Crippen molar-refractivity contribution in [2.45, 2.75) is 63.5 Å². The number of hydrogen-bond donors (Lipinski definition) is 3. The van der Waals surface area contributed by atoms with E-state index in [2.05, 4.69) is 17.6 Å². The van der Waals surface area contributed by atoms with E-state index in [9.17, 15) is 9.90 Å². The molecule has 4 heteroatoms. The summed E-state index contributed by atoms with van der Waals surface area (Å²) in [6.07, 6.45) is 6.95. The number of amides is 1. The van der Waals surface area contributed by atoms with Crippen molar-refractivity contribution in [1.82, 2.24) is 10.6 Å². The van der Waals surface area contributed by atoms with E-state index in [0.29, 0.717) is 12.5 Å². The number of carbonyl (C=O) groups excluding carboxylic acids is 1. The summed E-state index contributed by atoms with van der Waals surface area (Å²) in [6.45, 7) is 3.57. The Balaban J connectivity index is 1.74. The molecule has 1 atom stereocenters. The zero-order valence-corrected chi connectivity index (χ0v) is 11.4. The quantitative estimate of drug-likeness (QED) is 0.709. The second kappa shape index (κ2) is 6.02. The Morgan fingerprint density at radius 3 is 2.67 bits per heavy atom. The van der Waals surface area contributed by atoms with E-state index in [0.717, 1.165) is 51.5 Å². The number of nitrogens with one attached hydrogen (secondary N) is 2. The van der Waals surface area contributed by atoms with Gasteiger partial charge in [0.2, 0.25) is 5.91 Å². The number of rotatable bonds is 3. The van der Waals surface area contributed by atoms with Crippen molar-refractivity contribution in [3.8, 4) is 0 Å². The lowest BCUT2D eigenvalue weighted by Crippen LogP contribution is -2.51. The molecule has 1 saturated carbocycles. The molecule has 3 N–H and O–H groups in total.